The molecule has 0 saturated carbocycles. The Kier molecular flexibility index (Phi) is 2.52. The standard InChI is InChI=1S/C24H16N3S/c1-13-11-14-9-10-28-24(14)23-19(13)22-20-17(25-12-26(22)2)8-7-16-15-5-3-4-6-18(15)27(23)21(16)20/h3-12H,1-2H3/q+1. The zero-order valence-electron chi connectivity index (χ0n) is 15.5. The van der Waals surface area contributed by atoms with Crippen LogP contribution in [0.3, 0.4) is 0 Å². The summed E-state index contributed by atoms with van der Waals surface area (Å²) < 4.78 is 6.03. The third-order valence-electron chi connectivity index (χ3n) is 6.15. The van der Waals surface area contributed by atoms with Gasteiger partial charge in [-0.3, -0.25) is 0 Å². The lowest BCUT2D eigenvalue weighted by atomic mass is 10.0. The van der Waals surface area contributed by atoms with Crippen LogP contribution >= 0.6 is 11.3 Å². The number of thiophene rings is 1. The third kappa shape index (κ3) is 1.54. The summed E-state index contributed by atoms with van der Waals surface area (Å²) >= 11 is 1.83. The molecule has 4 aromatic heterocycles. The minimum absolute atomic E-state index is 1.06. The van der Waals surface area contributed by atoms with E-state index >= 15 is 0 Å². The molecular formula is C24H16N3S+. The van der Waals surface area contributed by atoms with E-state index in [0.29, 0.717) is 0 Å². The van der Waals surface area contributed by atoms with Crippen LogP contribution in [0.25, 0.3) is 59.2 Å². The van der Waals surface area contributed by atoms with Crippen molar-refractivity contribution in [2.45, 2.75) is 6.92 Å². The van der Waals surface area contributed by atoms with Crippen LogP contribution in [-0.4, -0.2) is 9.38 Å². The van der Waals surface area contributed by atoms with E-state index in [1.807, 2.05) is 17.7 Å². The zero-order valence-corrected chi connectivity index (χ0v) is 16.3. The van der Waals surface area contributed by atoms with Crippen molar-refractivity contribution in [3.8, 4) is 0 Å². The van der Waals surface area contributed by atoms with Gasteiger partial charge in [-0.1, -0.05) is 18.2 Å². The molecule has 7 aromatic rings. The normalized spacial score (nSPS) is 12.6. The van der Waals surface area contributed by atoms with Crippen molar-refractivity contribution in [1.29, 1.82) is 0 Å². The molecule has 4 heteroatoms. The zero-order chi connectivity index (χ0) is 18.6. The van der Waals surface area contributed by atoms with E-state index in [1.165, 1.54) is 59.3 Å². The fraction of sp³-hybridized carbons (Fsp3) is 0.0833. The summed E-state index contributed by atoms with van der Waals surface area (Å²) in [6.07, 6.45) is 1.95. The lowest BCUT2D eigenvalue weighted by molar-refractivity contribution is -0.646. The second kappa shape index (κ2) is 4.78. The number of rotatable bonds is 0. The number of hydrogen-bond donors (Lipinski definition) is 0. The smallest absolute Gasteiger partial charge is 0.287 e. The van der Waals surface area contributed by atoms with Crippen LogP contribution in [0.15, 0.2) is 60.2 Å². The van der Waals surface area contributed by atoms with Crippen molar-refractivity contribution in [3.05, 3.63) is 65.8 Å². The average Bonchev–Trinajstić information content (AvgIpc) is 3.31. The molecule has 0 aliphatic carbocycles. The average molecular weight is 378 g/mol. The summed E-state index contributed by atoms with van der Waals surface area (Å²) in [5, 5.41) is 8.71. The second-order valence-electron chi connectivity index (χ2n) is 7.67. The molecule has 0 radical (unpaired) electrons. The lowest BCUT2D eigenvalue weighted by Crippen LogP contribution is -2.30. The molecule has 0 atom stereocenters. The Bertz CT molecular complexity index is 1740. The number of fused-ring (bicyclic) bond motifs is 8. The van der Waals surface area contributed by atoms with E-state index in [9.17, 15) is 0 Å². The van der Waals surface area contributed by atoms with Gasteiger partial charge in [0, 0.05) is 10.8 Å². The summed E-state index contributed by atoms with van der Waals surface area (Å²) in [5.41, 5.74) is 7.51. The number of aromatic nitrogens is 3. The molecule has 0 amide bonds. The fourth-order valence-corrected chi connectivity index (χ4v) is 5.97. The minimum atomic E-state index is 1.06. The maximum atomic E-state index is 4.74. The van der Waals surface area contributed by atoms with Crippen LogP contribution in [0.2, 0.25) is 0 Å². The third-order valence-corrected chi connectivity index (χ3v) is 7.09. The first-order valence-corrected chi connectivity index (χ1v) is 10.3. The maximum Gasteiger partial charge on any atom is 0.287 e. The number of para-hydroxylation sites is 1. The molecule has 0 aliphatic heterocycles. The summed E-state index contributed by atoms with van der Waals surface area (Å²) in [4.78, 5) is 4.74. The summed E-state index contributed by atoms with van der Waals surface area (Å²) in [6, 6.07) is 17.7. The van der Waals surface area contributed by atoms with E-state index < -0.39 is 0 Å². The largest absolute Gasteiger partial charge is 0.306 e. The maximum absolute atomic E-state index is 4.74. The monoisotopic (exact) mass is 378 g/mol. The van der Waals surface area contributed by atoms with Gasteiger partial charge in [-0.25, -0.2) is 4.57 Å². The number of nitrogens with zero attached hydrogens (tertiary/aromatic N) is 3. The molecule has 3 aromatic carbocycles. The molecule has 0 unspecified atom stereocenters. The van der Waals surface area contributed by atoms with Gasteiger partial charge in [0.15, 0.2) is 5.52 Å². The first-order chi connectivity index (χ1) is 13.7. The molecule has 3 nitrogen and oxygen atoms in total. The van der Waals surface area contributed by atoms with Crippen LogP contribution in [0, 0.1) is 6.92 Å². The Morgan fingerprint density at radius 3 is 2.79 bits per heavy atom. The highest BCUT2D eigenvalue weighted by Crippen LogP contribution is 2.43. The minimum Gasteiger partial charge on any atom is -0.306 e. The molecule has 7 rings (SSSR count). The molecule has 0 bridgehead atoms. The Morgan fingerprint density at radius 2 is 1.86 bits per heavy atom. The quantitative estimate of drug-likeness (QED) is 0.187. The number of benzene rings is 3. The van der Waals surface area contributed by atoms with Crippen molar-refractivity contribution in [3.63, 3.8) is 0 Å². The Labute approximate surface area is 164 Å². The van der Waals surface area contributed by atoms with E-state index in [4.69, 9.17) is 4.98 Å². The van der Waals surface area contributed by atoms with Gasteiger partial charge in [0.05, 0.1) is 39.1 Å². The molecule has 0 aliphatic rings. The SMILES string of the molecule is Cc1cc2ccsc2c2c1c1c3c(ccc4c5ccccc5n2c43)nc[n+]1C. The molecule has 28 heavy (non-hydrogen) atoms. The summed E-state index contributed by atoms with van der Waals surface area (Å²) in [5.74, 6) is 0. The molecule has 0 fully saturated rings. The van der Waals surface area contributed by atoms with Gasteiger partial charge in [0.25, 0.3) is 6.33 Å². The highest BCUT2D eigenvalue weighted by atomic mass is 32.1. The van der Waals surface area contributed by atoms with Crippen molar-refractivity contribution in [2.24, 2.45) is 7.05 Å². The van der Waals surface area contributed by atoms with Gasteiger partial charge in [0.2, 0.25) is 0 Å². The van der Waals surface area contributed by atoms with E-state index in [-0.39, 0.29) is 0 Å². The van der Waals surface area contributed by atoms with E-state index in [0.717, 1.165) is 5.52 Å². The molecule has 0 saturated heterocycles. The predicted octanol–water partition coefficient (Wildman–Crippen LogP) is 5.73. The van der Waals surface area contributed by atoms with Crippen LogP contribution < -0.4 is 4.57 Å². The fourth-order valence-electron chi connectivity index (χ4n) is 5.05. The van der Waals surface area contributed by atoms with Gasteiger partial charge in [-0.05, 0) is 58.6 Å². The van der Waals surface area contributed by atoms with Crippen LogP contribution in [0.4, 0.5) is 0 Å². The molecule has 4 heterocycles. The van der Waals surface area contributed by atoms with Gasteiger partial charge >= 0.3 is 0 Å². The van der Waals surface area contributed by atoms with Gasteiger partial charge in [-0.15, -0.1) is 11.3 Å². The Hall–Kier alpha value is -3.24. The predicted molar refractivity (Wildman–Crippen MR) is 118 cm³/mol. The van der Waals surface area contributed by atoms with E-state index in [1.54, 1.807) is 0 Å². The number of hydrogen-bond acceptors (Lipinski definition) is 2. The van der Waals surface area contributed by atoms with Crippen molar-refractivity contribution >= 4 is 70.6 Å². The topological polar surface area (TPSA) is 21.2 Å². The first-order valence-electron chi connectivity index (χ1n) is 9.46. The number of pyridine rings is 1. The Balaban J connectivity index is 2.05. The first kappa shape index (κ1) is 14.8. The van der Waals surface area contributed by atoms with Crippen LogP contribution in [0.1, 0.15) is 5.56 Å². The molecule has 0 N–H and O–H groups in total. The van der Waals surface area contributed by atoms with Crippen molar-refractivity contribution in [1.82, 2.24) is 9.38 Å². The summed E-state index contributed by atoms with van der Waals surface area (Å²) in [7, 11) is 2.11. The van der Waals surface area contributed by atoms with E-state index in [2.05, 4.69) is 76.9 Å². The van der Waals surface area contributed by atoms with Crippen molar-refractivity contribution in [2.75, 3.05) is 0 Å². The molecule has 132 valence electrons. The van der Waals surface area contributed by atoms with Crippen molar-refractivity contribution < 1.29 is 4.57 Å². The van der Waals surface area contributed by atoms with Crippen LogP contribution in [0.5, 0.6) is 0 Å². The number of aryl methyl sites for hydroxylation is 2. The lowest BCUT2D eigenvalue weighted by Gasteiger charge is -2.13. The van der Waals surface area contributed by atoms with Gasteiger partial charge in [0.1, 0.15) is 5.52 Å². The highest BCUT2D eigenvalue weighted by molar-refractivity contribution is 7.18. The second-order valence-corrected chi connectivity index (χ2v) is 8.58. The van der Waals surface area contributed by atoms with Gasteiger partial charge < -0.3 is 4.40 Å². The summed E-state index contributed by atoms with van der Waals surface area (Å²) in [6.45, 7) is 2.24. The van der Waals surface area contributed by atoms with Gasteiger partial charge in [-0.2, -0.15) is 0 Å². The molecule has 0 spiro atoms. The highest BCUT2D eigenvalue weighted by Gasteiger charge is 2.25. The Morgan fingerprint density at radius 1 is 0.964 bits per heavy atom. The van der Waals surface area contributed by atoms with Crippen LogP contribution in [-0.2, 0) is 7.05 Å². The molecular weight excluding hydrogens is 362 g/mol.